The molecule has 0 atom stereocenters. The molecule has 0 saturated heterocycles. The summed E-state index contributed by atoms with van der Waals surface area (Å²) in [5.41, 5.74) is 4.85. The molecule has 0 amide bonds. The Labute approximate surface area is 48.9 Å². The first kappa shape index (κ1) is 8.88. The number of rotatable bonds is 0. The molecule has 0 unspecified atom stereocenters. The summed E-state index contributed by atoms with van der Waals surface area (Å²) in [6, 6.07) is 0. The molecule has 0 spiro atoms. The van der Waals surface area contributed by atoms with Gasteiger partial charge in [-0.1, -0.05) is 6.92 Å². The average molecular weight is 69.1 g/mol. The zero-order valence-electron chi connectivity index (χ0n) is 2.28. The van der Waals surface area contributed by atoms with E-state index in [-0.39, 0.29) is 29.6 Å². The van der Waals surface area contributed by atoms with Crippen molar-refractivity contribution in [2.75, 3.05) is 6.54 Å². The third-order valence-electron chi connectivity index (χ3n) is 0. The Morgan fingerprint density at radius 1 is 1.75 bits per heavy atom. The van der Waals surface area contributed by atoms with E-state index in [4.69, 9.17) is 5.73 Å². The van der Waals surface area contributed by atoms with E-state index in [2.05, 4.69) is 0 Å². The molecule has 2 N–H and O–H groups in total. The Morgan fingerprint density at radius 2 is 1.75 bits per heavy atom. The average Bonchev–Trinajstić information content (AvgIpc) is 0.918. The summed E-state index contributed by atoms with van der Waals surface area (Å²) in [5, 5.41) is 0. The van der Waals surface area contributed by atoms with Gasteiger partial charge in [0.25, 0.3) is 0 Å². The first-order valence-corrected chi connectivity index (χ1v) is 1.12. The van der Waals surface area contributed by atoms with E-state index in [9.17, 15) is 0 Å². The molecule has 0 rings (SSSR count). The van der Waals surface area contributed by atoms with E-state index in [0.29, 0.717) is 0 Å². The molecule has 4 heavy (non-hydrogen) atoms. The molecule has 0 aromatic rings. The fraction of sp³-hybridized carbons (Fsp3) is 1.00. The van der Waals surface area contributed by atoms with Crippen molar-refractivity contribution in [1.82, 2.24) is 0 Å². The minimum atomic E-state index is 0. The van der Waals surface area contributed by atoms with Crippen LogP contribution in [-0.2, 0) is 0 Å². The molecule has 1 nitrogen and oxygen atoms in total. The Kier molecular flexibility index (Phi) is 20.0. The van der Waals surface area contributed by atoms with E-state index >= 15 is 0 Å². The van der Waals surface area contributed by atoms with Gasteiger partial charge in [-0.2, -0.15) is 0 Å². The third-order valence-corrected chi connectivity index (χ3v) is 0. The zero-order chi connectivity index (χ0) is 2.71. The van der Waals surface area contributed by atoms with Crippen molar-refractivity contribution in [3.05, 3.63) is 0 Å². The SMILES string of the molecule is CCN.[NaH]. The van der Waals surface area contributed by atoms with Crippen LogP contribution in [0.15, 0.2) is 0 Å². The summed E-state index contributed by atoms with van der Waals surface area (Å²) in [6.07, 6.45) is 0. The van der Waals surface area contributed by atoms with E-state index in [1.807, 2.05) is 6.92 Å². The standard InChI is InChI=1S/C2H7N.Na.H/c1-2-3;;/h2-3H2,1H3;;. The quantitative estimate of drug-likeness (QED) is 0.374. The summed E-state index contributed by atoms with van der Waals surface area (Å²) in [6.45, 7) is 2.65. The predicted molar refractivity (Wildman–Crippen MR) is 21.9 cm³/mol. The van der Waals surface area contributed by atoms with Gasteiger partial charge in [-0.15, -0.1) is 0 Å². The molecule has 0 aliphatic heterocycles. The Bertz CT molecular complexity index is 6.00. The molecular formula is C2H8NNa. The monoisotopic (exact) mass is 69.1 g/mol. The summed E-state index contributed by atoms with van der Waals surface area (Å²) in [7, 11) is 0. The van der Waals surface area contributed by atoms with Crippen molar-refractivity contribution in [3.8, 4) is 0 Å². The summed E-state index contributed by atoms with van der Waals surface area (Å²) >= 11 is 0. The molecule has 0 saturated carbocycles. The molecule has 0 aromatic carbocycles. The summed E-state index contributed by atoms with van der Waals surface area (Å²) in [5.74, 6) is 0. The van der Waals surface area contributed by atoms with Crippen LogP contribution in [0.3, 0.4) is 0 Å². The van der Waals surface area contributed by atoms with Gasteiger partial charge in [0, 0.05) is 0 Å². The third kappa shape index (κ3) is 12.3. The topological polar surface area (TPSA) is 26.0 Å². The molecule has 22 valence electrons. The van der Waals surface area contributed by atoms with Crippen LogP contribution in [0, 0.1) is 0 Å². The van der Waals surface area contributed by atoms with Gasteiger partial charge < -0.3 is 5.73 Å². The van der Waals surface area contributed by atoms with Gasteiger partial charge in [0.05, 0.1) is 0 Å². The number of nitrogens with two attached hydrogens (primary N) is 1. The molecular weight excluding hydrogens is 61.0 g/mol. The van der Waals surface area contributed by atoms with Gasteiger partial charge >= 0.3 is 29.6 Å². The van der Waals surface area contributed by atoms with E-state index < -0.39 is 0 Å². The van der Waals surface area contributed by atoms with Crippen molar-refractivity contribution in [3.63, 3.8) is 0 Å². The molecule has 0 radical (unpaired) electrons. The summed E-state index contributed by atoms with van der Waals surface area (Å²) in [4.78, 5) is 0. The van der Waals surface area contributed by atoms with Gasteiger partial charge in [-0.05, 0) is 6.54 Å². The second kappa shape index (κ2) is 9.03. The van der Waals surface area contributed by atoms with Crippen LogP contribution in [-0.4, -0.2) is 36.1 Å². The second-order valence-corrected chi connectivity index (χ2v) is 0.408. The maximum absolute atomic E-state index is 4.85. The van der Waals surface area contributed by atoms with Crippen LogP contribution >= 0.6 is 0 Å². The predicted octanol–water partition coefficient (Wildman–Crippen LogP) is -0.683. The van der Waals surface area contributed by atoms with Crippen LogP contribution in [0.4, 0.5) is 0 Å². The van der Waals surface area contributed by atoms with Crippen molar-refractivity contribution >= 4 is 29.6 Å². The van der Waals surface area contributed by atoms with E-state index in [1.165, 1.54) is 0 Å². The van der Waals surface area contributed by atoms with Crippen molar-refractivity contribution in [2.24, 2.45) is 5.73 Å². The van der Waals surface area contributed by atoms with Gasteiger partial charge in [0.2, 0.25) is 0 Å². The van der Waals surface area contributed by atoms with Crippen LogP contribution in [0.2, 0.25) is 0 Å². The van der Waals surface area contributed by atoms with Gasteiger partial charge in [0.15, 0.2) is 0 Å². The Morgan fingerprint density at radius 3 is 1.75 bits per heavy atom. The fourth-order valence-corrected chi connectivity index (χ4v) is 0. The zero-order valence-corrected chi connectivity index (χ0v) is 2.28. The molecule has 0 aliphatic rings. The fourth-order valence-electron chi connectivity index (χ4n) is 0. The van der Waals surface area contributed by atoms with Crippen molar-refractivity contribution in [2.45, 2.75) is 6.92 Å². The normalized spacial score (nSPS) is 4.50. The number of hydrogen-bond acceptors (Lipinski definition) is 1. The Balaban J connectivity index is 0. The van der Waals surface area contributed by atoms with Crippen molar-refractivity contribution < 1.29 is 0 Å². The molecule has 0 aromatic heterocycles. The van der Waals surface area contributed by atoms with Crippen molar-refractivity contribution in [1.29, 1.82) is 0 Å². The maximum atomic E-state index is 4.85. The first-order chi connectivity index (χ1) is 1.41. The van der Waals surface area contributed by atoms with Crippen LogP contribution < -0.4 is 5.73 Å². The van der Waals surface area contributed by atoms with Crippen LogP contribution in [0.25, 0.3) is 0 Å². The molecule has 2 heteroatoms. The second-order valence-electron chi connectivity index (χ2n) is 0.408. The minimum absolute atomic E-state index is 0. The summed E-state index contributed by atoms with van der Waals surface area (Å²) < 4.78 is 0. The van der Waals surface area contributed by atoms with Gasteiger partial charge in [-0.3, -0.25) is 0 Å². The van der Waals surface area contributed by atoms with Crippen LogP contribution in [0.5, 0.6) is 0 Å². The van der Waals surface area contributed by atoms with E-state index in [0.717, 1.165) is 6.54 Å². The van der Waals surface area contributed by atoms with Gasteiger partial charge in [0.1, 0.15) is 0 Å². The van der Waals surface area contributed by atoms with Gasteiger partial charge in [-0.25, -0.2) is 0 Å². The molecule has 0 heterocycles. The molecule has 0 bridgehead atoms. The molecule has 0 fully saturated rings. The Hall–Kier alpha value is 0.960. The molecule has 0 aliphatic carbocycles. The van der Waals surface area contributed by atoms with E-state index in [1.54, 1.807) is 0 Å². The number of hydrogen-bond donors (Lipinski definition) is 1. The first-order valence-electron chi connectivity index (χ1n) is 1.12. The van der Waals surface area contributed by atoms with Crippen LogP contribution in [0.1, 0.15) is 6.92 Å².